The number of rotatable bonds is 17. The van der Waals surface area contributed by atoms with E-state index in [-0.39, 0.29) is 16.6 Å². The van der Waals surface area contributed by atoms with Crippen molar-refractivity contribution in [2.75, 3.05) is 58.4 Å². The summed E-state index contributed by atoms with van der Waals surface area (Å²) in [5.74, 6) is 6.44. The Hall–Kier alpha value is -2.82. The molecular weight excluding hydrogens is 690 g/mol. The quantitative estimate of drug-likeness (QED) is 0.0866. The Labute approximate surface area is 320 Å². The summed E-state index contributed by atoms with van der Waals surface area (Å²) in [5.41, 5.74) is 17.9. The number of carbonyl (C=O) groups excluding carboxylic acids is 1. The summed E-state index contributed by atoms with van der Waals surface area (Å²) in [7, 11) is 3.77. The zero-order valence-corrected chi connectivity index (χ0v) is 33.6. The minimum Gasteiger partial charge on any atom is -0.491 e. The highest BCUT2D eigenvalue weighted by Crippen LogP contribution is 2.47. The van der Waals surface area contributed by atoms with Gasteiger partial charge in [0.2, 0.25) is 0 Å². The molecule has 1 saturated carbocycles. The first-order chi connectivity index (χ1) is 25.0. The zero-order chi connectivity index (χ0) is 37.4. The van der Waals surface area contributed by atoms with E-state index in [9.17, 15) is 4.79 Å². The minimum atomic E-state index is -0.494. The van der Waals surface area contributed by atoms with Gasteiger partial charge in [0.25, 0.3) is 0 Å². The molecule has 0 radical (unpaired) electrons. The van der Waals surface area contributed by atoms with E-state index in [0.717, 1.165) is 105 Å². The number of methoxy groups -OCH3 is 1. The number of aldehydes is 1. The molecule has 3 aliphatic rings. The van der Waals surface area contributed by atoms with E-state index in [4.69, 9.17) is 32.5 Å². The van der Waals surface area contributed by atoms with E-state index in [0.29, 0.717) is 41.7 Å². The van der Waals surface area contributed by atoms with E-state index in [1.54, 1.807) is 0 Å². The van der Waals surface area contributed by atoms with Crippen molar-refractivity contribution in [3.63, 3.8) is 0 Å². The van der Waals surface area contributed by atoms with Crippen molar-refractivity contribution < 1.29 is 14.3 Å². The molecule has 1 fully saturated rings. The fourth-order valence-corrected chi connectivity index (χ4v) is 9.52. The zero-order valence-electron chi connectivity index (χ0n) is 32.0. The van der Waals surface area contributed by atoms with Crippen molar-refractivity contribution in [2.45, 2.75) is 82.5 Å². The third-order valence-electron chi connectivity index (χ3n) is 12.0. The molecule has 5 rings (SSSR count). The van der Waals surface area contributed by atoms with E-state index in [1.807, 2.05) is 38.4 Å². The largest absolute Gasteiger partial charge is 0.491 e. The molecule has 0 aromatic heterocycles. The molecule has 7 atom stereocenters. The molecular formula is C42H62ClN5O3S. The number of hydrogen-bond acceptors (Lipinski definition) is 8. The minimum absolute atomic E-state index is 0.0928. The fourth-order valence-electron chi connectivity index (χ4n) is 8.28. The molecule has 0 spiro atoms. The number of hydrogen-bond donors (Lipinski definition) is 3. The average Bonchev–Trinajstić information content (AvgIpc) is 3.31. The highest BCUT2D eigenvalue weighted by molar-refractivity contribution is 8.12. The lowest BCUT2D eigenvalue weighted by atomic mass is 9.63. The van der Waals surface area contributed by atoms with Crippen molar-refractivity contribution in [3.05, 3.63) is 81.7 Å². The van der Waals surface area contributed by atoms with Crippen LogP contribution in [0, 0.1) is 17.8 Å². The second-order valence-electron chi connectivity index (χ2n) is 15.3. The van der Waals surface area contributed by atoms with Gasteiger partial charge in [-0.1, -0.05) is 62.9 Å². The van der Waals surface area contributed by atoms with Gasteiger partial charge in [-0.2, -0.15) is 0 Å². The lowest BCUT2D eigenvalue weighted by Crippen LogP contribution is -2.57. The highest BCUT2D eigenvalue weighted by atomic mass is 35.5. The van der Waals surface area contributed by atoms with Crippen LogP contribution >= 0.6 is 22.3 Å². The Morgan fingerprint density at radius 3 is 2.67 bits per heavy atom. The Bertz CT molecular complexity index is 1620. The van der Waals surface area contributed by atoms with Crippen LogP contribution in [0.2, 0.25) is 5.02 Å². The van der Waals surface area contributed by atoms with Crippen LogP contribution in [0.3, 0.4) is 0 Å². The molecule has 8 nitrogen and oxygen atoms in total. The average molecular weight is 753 g/mol. The number of anilines is 1. The summed E-state index contributed by atoms with van der Waals surface area (Å²) in [6.45, 7) is 11.3. The summed E-state index contributed by atoms with van der Waals surface area (Å²) in [5, 5.41) is 1.23. The summed E-state index contributed by atoms with van der Waals surface area (Å²) < 4.78 is 16.6. The van der Waals surface area contributed by atoms with Gasteiger partial charge in [-0.15, -0.1) is 10.7 Å². The predicted octanol–water partition coefficient (Wildman–Crippen LogP) is 7.53. The number of aryl methyl sites for hydroxylation is 1. The van der Waals surface area contributed by atoms with Crippen LogP contribution < -0.4 is 25.8 Å². The van der Waals surface area contributed by atoms with Gasteiger partial charge in [0.15, 0.2) is 0 Å². The molecule has 0 bridgehead atoms. The molecule has 0 amide bonds. The van der Waals surface area contributed by atoms with Crippen molar-refractivity contribution in [3.8, 4) is 5.75 Å². The van der Waals surface area contributed by atoms with Crippen LogP contribution in [0.5, 0.6) is 5.75 Å². The molecule has 2 heterocycles. The summed E-state index contributed by atoms with van der Waals surface area (Å²) in [6, 6.07) is 12.2. The first-order valence-electron chi connectivity index (χ1n) is 19.2. The monoisotopic (exact) mass is 751 g/mol. The number of nitrogens with zero attached hydrogens (tertiary/aromatic N) is 2. The summed E-state index contributed by atoms with van der Waals surface area (Å²) >= 11 is 6.53. The first-order valence-corrected chi connectivity index (χ1v) is 21.0. The number of benzene rings is 2. The molecule has 7 unspecified atom stereocenters. The van der Waals surface area contributed by atoms with Gasteiger partial charge < -0.3 is 25.8 Å². The third kappa shape index (κ3) is 9.45. The Kier molecular flexibility index (Phi) is 14.3. The van der Waals surface area contributed by atoms with E-state index in [2.05, 4.69) is 65.4 Å². The van der Waals surface area contributed by atoms with E-state index >= 15 is 0 Å². The van der Waals surface area contributed by atoms with Crippen LogP contribution in [0.15, 0.2) is 59.9 Å². The Morgan fingerprint density at radius 2 is 2.00 bits per heavy atom. The summed E-state index contributed by atoms with van der Waals surface area (Å²) in [4.78, 5) is 16.9. The number of halogens is 1. The summed E-state index contributed by atoms with van der Waals surface area (Å²) in [6.07, 6.45) is 12.8. The van der Waals surface area contributed by atoms with Gasteiger partial charge in [0.05, 0.1) is 12.3 Å². The maximum Gasteiger partial charge on any atom is 0.150 e. The SMILES string of the molecule is C=S(NC)C(C)C(C)C/C=C/C(CN1CCC(N)=C(N)C1)(OC)C1CCC1CN1CC(c2ccc(Cl)cc2CCCC)COc2ccc(C=O)cc21. The van der Waals surface area contributed by atoms with Gasteiger partial charge in [0.1, 0.15) is 17.6 Å². The molecule has 1 aliphatic carbocycles. The molecule has 5 N–H and O–H groups in total. The van der Waals surface area contributed by atoms with Gasteiger partial charge in [-0.3, -0.25) is 14.4 Å². The molecule has 2 aromatic carbocycles. The second kappa shape index (κ2) is 18.5. The van der Waals surface area contributed by atoms with Crippen molar-refractivity contribution in [1.29, 1.82) is 0 Å². The third-order valence-corrected chi connectivity index (χ3v) is 14.1. The van der Waals surface area contributed by atoms with Gasteiger partial charge >= 0.3 is 0 Å². The molecule has 286 valence electrons. The first kappa shape index (κ1) is 40.4. The number of nitrogens with one attached hydrogen (secondary N) is 1. The number of carbonyl (C=O) groups is 1. The normalized spacial score (nSPS) is 24.0. The number of ether oxygens (including phenoxy) is 2. The standard InChI is InChI=1S/C42H62ClN5O3S/c1-7-8-11-32-22-35(43)14-15-36(32)34-24-48(40-21-31(26-49)12-17-41(40)51-27-34)23-33-13-16-37(33)42(50-5,28-47-20-18-38(44)39(45)25-47)19-9-10-29(2)30(3)52(6)46-4/h9,12,14-15,17,19,21-22,26,29-30,33-34,37,46H,6-8,10-11,13,16,18,20,23-25,27-28,44-45H2,1-5H3/b19-9+. The second-order valence-corrected chi connectivity index (χ2v) is 17.7. The predicted molar refractivity (Wildman–Crippen MR) is 221 cm³/mol. The van der Waals surface area contributed by atoms with Crippen molar-refractivity contribution in [1.82, 2.24) is 9.62 Å². The topological polar surface area (TPSA) is 106 Å². The smallest absolute Gasteiger partial charge is 0.150 e. The molecule has 10 heteroatoms. The Balaban J connectivity index is 1.46. The molecule has 2 aliphatic heterocycles. The Morgan fingerprint density at radius 1 is 1.19 bits per heavy atom. The van der Waals surface area contributed by atoms with Crippen LogP contribution in [-0.2, 0) is 11.2 Å². The maximum atomic E-state index is 12.0. The van der Waals surface area contributed by atoms with Crippen molar-refractivity contribution in [2.24, 2.45) is 29.2 Å². The number of fused-ring (bicyclic) bond motifs is 1. The number of unbranched alkanes of at least 4 members (excludes halogenated alkanes) is 1. The molecule has 0 saturated heterocycles. The van der Waals surface area contributed by atoms with Gasteiger partial charge in [0, 0.05) is 79.4 Å². The van der Waals surface area contributed by atoms with Gasteiger partial charge in [-0.25, -0.2) is 0 Å². The lowest BCUT2D eigenvalue weighted by molar-refractivity contribution is -0.0909. The van der Waals surface area contributed by atoms with Crippen molar-refractivity contribution >= 4 is 40.1 Å². The van der Waals surface area contributed by atoms with Crippen LogP contribution in [-0.4, -0.2) is 81.4 Å². The van der Waals surface area contributed by atoms with Crippen LogP contribution in [0.1, 0.15) is 86.7 Å². The number of allylic oxidation sites excluding steroid dienone is 1. The number of nitrogens with two attached hydrogens (primary N) is 2. The van der Waals surface area contributed by atoms with E-state index < -0.39 is 5.60 Å². The fraction of sp³-hybridized carbons (Fsp3) is 0.571. The van der Waals surface area contributed by atoms with E-state index in [1.165, 1.54) is 11.1 Å². The highest BCUT2D eigenvalue weighted by Gasteiger charge is 2.48. The molecule has 2 aromatic rings. The lowest BCUT2D eigenvalue weighted by Gasteiger charge is -2.51. The molecule has 52 heavy (non-hydrogen) atoms. The maximum absolute atomic E-state index is 12.0. The van der Waals surface area contributed by atoms with Crippen LogP contribution in [0.25, 0.3) is 0 Å². The van der Waals surface area contributed by atoms with Crippen LogP contribution in [0.4, 0.5) is 5.69 Å². The van der Waals surface area contributed by atoms with Gasteiger partial charge in [-0.05, 0) is 98.4 Å².